The predicted octanol–water partition coefficient (Wildman–Crippen LogP) is 4.88. The monoisotopic (exact) mass is 282 g/mol. The summed E-state index contributed by atoms with van der Waals surface area (Å²) in [7, 11) is -1.39. The molecule has 1 atom stereocenters. The fourth-order valence-electron chi connectivity index (χ4n) is 2.14. The van der Waals surface area contributed by atoms with E-state index >= 15 is 0 Å². The van der Waals surface area contributed by atoms with E-state index < -0.39 is 8.32 Å². The lowest BCUT2D eigenvalue weighted by molar-refractivity contribution is -0.114. The number of hydrogen-bond donors (Lipinski definition) is 0. The van der Waals surface area contributed by atoms with Crippen molar-refractivity contribution in [3.05, 3.63) is 24.8 Å². The fraction of sp³-hybridized carbons (Fsp3) is 0.688. The van der Waals surface area contributed by atoms with Crippen molar-refractivity contribution in [2.24, 2.45) is 0 Å². The molecule has 1 aliphatic carbocycles. The fourth-order valence-corrected chi connectivity index (χ4v) is 5.05. The van der Waals surface area contributed by atoms with Gasteiger partial charge in [-0.05, 0) is 37.0 Å². The number of rotatable bonds is 7. The molecule has 0 aromatic heterocycles. The van der Waals surface area contributed by atoms with Crippen LogP contribution in [0.2, 0.25) is 18.1 Å². The van der Waals surface area contributed by atoms with Gasteiger partial charge in [0.25, 0.3) is 0 Å². The van der Waals surface area contributed by atoms with E-state index in [1.807, 2.05) is 12.2 Å². The van der Waals surface area contributed by atoms with E-state index in [0.717, 1.165) is 19.3 Å². The average Bonchev–Trinajstić information content (AvgIpc) is 2.93. The molecule has 0 spiro atoms. The molecule has 3 heteroatoms. The van der Waals surface area contributed by atoms with E-state index in [9.17, 15) is 4.79 Å². The van der Waals surface area contributed by atoms with Crippen molar-refractivity contribution >= 4 is 14.1 Å². The Morgan fingerprint density at radius 3 is 2.11 bits per heavy atom. The highest BCUT2D eigenvalue weighted by Crippen LogP contribution is 2.24. The molecule has 0 aromatic carbocycles. The second kappa shape index (κ2) is 10.2. The van der Waals surface area contributed by atoms with Gasteiger partial charge in [-0.1, -0.05) is 39.8 Å². The lowest BCUT2D eigenvalue weighted by Crippen LogP contribution is -2.39. The van der Waals surface area contributed by atoms with Gasteiger partial charge in [0.05, 0.1) is 6.10 Å². The summed E-state index contributed by atoms with van der Waals surface area (Å²) in [5.41, 5.74) is 0. The summed E-state index contributed by atoms with van der Waals surface area (Å²) in [5, 5.41) is 0. The number of allylic oxidation sites excluding steroid dienone is 2. The lowest BCUT2D eigenvalue weighted by Gasteiger charge is -2.31. The van der Waals surface area contributed by atoms with Crippen molar-refractivity contribution in [1.82, 2.24) is 0 Å². The first-order valence-corrected chi connectivity index (χ1v) is 10.1. The largest absolute Gasteiger partial charge is 0.411 e. The third-order valence-corrected chi connectivity index (χ3v) is 8.53. The van der Waals surface area contributed by atoms with Crippen molar-refractivity contribution in [3.63, 3.8) is 0 Å². The Labute approximate surface area is 120 Å². The van der Waals surface area contributed by atoms with Crippen molar-refractivity contribution < 1.29 is 9.22 Å². The molecule has 0 amide bonds. The molecule has 2 nitrogen and oxygen atoms in total. The summed E-state index contributed by atoms with van der Waals surface area (Å²) >= 11 is 0. The number of ketones is 1. The zero-order valence-corrected chi connectivity index (χ0v) is 14.1. The first kappa shape index (κ1) is 18.3. The van der Waals surface area contributed by atoms with Crippen LogP contribution in [0.25, 0.3) is 0 Å². The van der Waals surface area contributed by atoms with Crippen LogP contribution in [0.4, 0.5) is 0 Å². The van der Waals surface area contributed by atoms with Gasteiger partial charge in [0.1, 0.15) is 0 Å². The molecule has 1 aliphatic rings. The molecule has 1 rings (SSSR count). The van der Waals surface area contributed by atoms with Gasteiger partial charge in [-0.2, -0.15) is 0 Å². The molecule has 0 fully saturated rings. The van der Waals surface area contributed by atoms with Crippen LogP contribution in [0.1, 0.15) is 47.0 Å². The van der Waals surface area contributed by atoms with Gasteiger partial charge in [0, 0.05) is 6.42 Å². The summed E-state index contributed by atoms with van der Waals surface area (Å²) in [4.78, 5) is 10.2. The number of carbonyl (C=O) groups excluding carboxylic acids is 1. The molecule has 0 bridgehead atoms. The Balaban J connectivity index is 0.000000443. The first-order chi connectivity index (χ1) is 9.07. The van der Waals surface area contributed by atoms with Crippen LogP contribution >= 0.6 is 0 Å². The molecule has 0 aromatic rings. The molecule has 110 valence electrons. The van der Waals surface area contributed by atoms with Crippen LogP contribution in [-0.2, 0) is 9.22 Å². The molecular formula is C16H30O2Si. The molecule has 0 aliphatic heterocycles. The van der Waals surface area contributed by atoms with Crippen molar-refractivity contribution in [2.45, 2.75) is 71.2 Å². The van der Waals surface area contributed by atoms with Crippen LogP contribution in [0.3, 0.4) is 0 Å². The maximum absolute atomic E-state index is 10.2. The second-order valence-electron chi connectivity index (χ2n) is 4.95. The smallest absolute Gasteiger partial charge is 0.192 e. The van der Waals surface area contributed by atoms with Crippen molar-refractivity contribution in [2.75, 3.05) is 0 Å². The molecule has 1 unspecified atom stereocenters. The number of carbonyl (C=O) groups is 1. The van der Waals surface area contributed by atoms with Gasteiger partial charge in [0.2, 0.25) is 0 Å². The topological polar surface area (TPSA) is 26.3 Å². The highest BCUT2D eigenvalue weighted by atomic mass is 28.4. The summed E-state index contributed by atoms with van der Waals surface area (Å²) in [6.07, 6.45) is 8.52. The Kier molecular flexibility index (Phi) is 9.80. The molecule has 0 N–H and O–H groups in total. The Morgan fingerprint density at radius 2 is 1.89 bits per heavy atom. The van der Waals surface area contributed by atoms with Crippen LogP contribution in [-0.4, -0.2) is 20.2 Å². The van der Waals surface area contributed by atoms with Crippen molar-refractivity contribution in [1.29, 1.82) is 0 Å². The molecule has 0 heterocycles. The predicted molar refractivity (Wildman–Crippen MR) is 85.9 cm³/mol. The highest BCUT2D eigenvalue weighted by Gasteiger charge is 2.30. The minimum Gasteiger partial charge on any atom is -0.411 e. The Bertz CT molecular complexity index is 285. The quantitative estimate of drug-likeness (QED) is 0.491. The van der Waals surface area contributed by atoms with Gasteiger partial charge in [0.15, 0.2) is 14.1 Å². The van der Waals surface area contributed by atoms with E-state index in [-0.39, 0.29) is 11.9 Å². The first-order valence-electron chi connectivity index (χ1n) is 7.57. The van der Waals surface area contributed by atoms with Crippen LogP contribution in [0.15, 0.2) is 24.8 Å². The van der Waals surface area contributed by atoms with Gasteiger partial charge in [-0.15, -0.1) is 6.58 Å². The summed E-state index contributed by atoms with van der Waals surface area (Å²) < 4.78 is 6.20. The number of hydrogen-bond acceptors (Lipinski definition) is 2. The normalized spacial score (nSPS) is 15.9. The lowest BCUT2D eigenvalue weighted by atomic mass is 10.3. The van der Waals surface area contributed by atoms with E-state index in [1.165, 1.54) is 18.1 Å². The van der Waals surface area contributed by atoms with Crippen LogP contribution in [0, 0.1) is 0 Å². The van der Waals surface area contributed by atoms with Gasteiger partial charge in [-0.3, -0.25) is 4.79 Å². The molecule has 0 radical (unpaired) electrons. The van der Waals surface area contributed by atoms with Crippen LogP contribution in [0.5, 0.6) is 0 Å². The molecule has 0 saturated heterocycles. The van der Waals surface area contributed by atoms with Gasteiger partial charge >= 0.3 is 0 Å². The van der Waals surface area contributed by atoms with Gasteiger partial charge < -0.3 is 4.43 Å². The molecule has 0 saturated carbocycles. The maximum atomic E-state index is 10.2. The standard InChI is InChI=1S/C11H24OSi.C5H6O/c1-6-11(7-2)12-13(8-3,9-4)10-5;6-5-3-1-2-4-5/h6,11H,1,7-10H2,2-5H3;1,3H,2,4H2. The van der Waals surface area contributed by atoms with E-state index in [2.05, 4.69) is 34.3 Å². The van der Waals surface area contributed by atoms with E-state index in [0.29, 0.717) is 0 Å². The zero-order chi connectivity index (χ0) is 14.7. The summed E-state index contributed by atoms with van der Waals surface area (Å²) in [6, 6.07) is 3.68. The Morgan fingerprint density at radius 1 is 1.32 bits per heavy atom. The van der Waals surface area contributed by atoms with E-state index in [4.69, 9.17) is 4.43 Å². The third-order valence-electron chi connectivity index (χ3n) is 3.86. The van der Waals surface area contributed by atoms with Crippen molar-refractivity contribution in [3.8, 4) is 0 Å². The van der Waals surface area contributed by atoms with Gasteiger partial charge in [-0.25, -0.2) is 0 Å². The maximum Gasteiger partial charge on any atom is 0.192 e. The minimum absolute atomic E-state index is 0.273. The summed E-state index contributed by atoms with van der Waals surface area (Å²) in [6.45, 7) is 12.8. The SMILES string of the molecule is C=CC(CC)O[Si](CC)(CC)CC.O=C1C=CCC1. The third kappa shape index (κ3) is 6.88. The second-order valence-corrected chi connectivity index (χ2v) is 9.67. The van der Waals surface area contributed by atoms with E-state index in [1.54, 1.807) is 6.08 Å². The zero-order valence-electron chi connectivity index (χ0n) is 13.1. The van der Waals surface area contributed by atoms with Crippen LogP contribution < -0.4 is 0 Å². The molecule has 19 heavy (non-hydrogen) atoms. The average molecular weight is 283 g/mol. The minimum atomic E-state index is -1.39. The highest BCUT2D eigenvalue weighted by molar-refractivity contribution is 6.73. The molecular weight excluding hydrogens is 252 g/mol. The Hall–Kier alpha value is -0.673. The summed E-state index contributed by atoms with van der Waals surface area (Å²) in [5.74, 6) is 0.273.